The van der Waals surface area contributed by atoms with Gasteiger partial charge in [0.15, 0.2) is 0 Å². The minimum absolute atomic E-state index is 0.000392. The van der Waals surface area contributed by atoms with Crippen molar-refractivity contribution in [3.05, 3.63) is 0 Å². The maximum absolute atomic E-state index is 12.1. The summed E-state index contributed by atoms with van der Waals surface area (Å²) in [4.78, 5) is 44.9. The normalized spacial score (nSPS) is 21.5. The predicted molar refractivity (Wildman–Crippen MR) is 84.3 cm³/mol. The maximum atomic E-state index is 12.1. The summed E-state index contributed by atoms with van der Waals surface area (Å²) in [5.74, 6) is -1.11. The largest absolute Gasteiger partial charge is 0.465 e. The van der Waals surface area contributed by atoms with E-state index in [-0.39, 0.29) is 18.3 Å². The molecule has 3 amide bonds. The van der Waals surface area contributed by atoms with Crippen molar-refractivity contribution < 1.29 is 19.1 Å². The number of aliphatic imine (C=N–C) groups is 2. The molecular weight excluding hydrogens is 306 g/mol. The van der Waals surface area contributed by atoms with Gasteiger partial charge in [-0.3, -0.25) is 9.59 Å². The number of likely N-dealkylation sites (tertiary alicyclic amines) is 1. The second-order valence-corrected chi connectivity index (χ2v) is 6.04. The van der Waals surface area contributed by atoms with Crippen molar-refractivity contribution in [2.45, 2.75) is 26.7 Å². The van der Waals surface area contributed by atoms with Gasteiger partial charge in [0, 0.05) is 18.8 Å². The highest BCUT2D eigenvalue weighted by molar-refractivity contribution is 8.14. The van der Waals surface area contributed by atoms with Crippen LogP contribution in [0.15, 0.2) is 9.98 Å². The molecule has 0 saturated carbocycles. The van der Waals surface area contributed by atoms with Crippen LogP contribution >= 0.6 is 11.8 Å². The lowest BCUT2D eigenvalue weighted by Gasteiger charge is -2.20. The number of amides is 3. The number of esters is 1. The van der Waals surface area contributed by atoms with Crippen LogP contribution in [0.25, 0.3) is 0 Å². The van der Waals surface area contributed by atoms with E-state index in [1.165, 1.54) is 0 Å². The number of hydrogen-bond donors (Lipinski definition) is 0. The third kappa shape index (κ3) is 3.94. The molecule has 1 saturated heterocycles. The Morgan fingerprint density at radius 2 is 2.00 bits per heavy atom. The second kappa shape index (κ2) is 7.53. The Morgan fingerprint density at radius 3 is 2.64 bits per heavy atom. The Morgan fingerprint density at radius 1 is 1.32 bits per heavy atom. The molecular formula is C14H19N3O4S. The van der Waals surface area contributed by atoms with E-state index in [2.05, 4.69) is 9.98 Å². The van der Waals surface area contributed by atoms with E-state index in [0.717, 1.165) is 37.7 Å². The molecule has 2 aliphatic heterocycles. The van der Waals surface area contributed by atoms with Crippen LogP contribution in [0.3, 0.4) is 0 Å². The zero-order valence-corrected chi connectivity index (χ0v) is 13.5. The summed E-state index contributed by atoms with van der Waals surface area (Å²) >= 11 is 1.12. The molecule has 1 atom stereocenters. The standard InChI is InChI=1S/C14H19N3O4S/c1-3-21-13(19)11-9(2)15-14(20)16-12(11)22-8-10(18)17-6-4-5-7-17/h11H,3-8H2,1-2H3. The van der Waals surface area contributed by atoms with E-state index >= 15 is 0 Å². The molecule has 1 unspecified atom stereocenters. The second-order valence-electron chi connectivity index (χ2n) is 5.05. The first-order valence-corrected chi connectivity index (χ1v) is 8.26. The number of carbonyl (C=O) groups is 3. The Hall–Kier alpha value is -1.70. The minimum atomic E-state index is -0.783. The zero-order valence-electron chi connectivity index (χ0n) is 12.7. The average Bonchev–Trinajstić information content (AvgIpc) is 2.98. The first kappa shape index (κ1) is 16.7. The van der Waals surface area contributed by atoms with Crippen molar-refractivity contribution in [1.82, 2.24) is 4.90 Å². The molecule has 0 N–H and O–H groups in total. The molecule has 0 aromatic carbocycles. The first-order chi connectivity index (χ1) is 10.5. The van der Waals surface area contributed by atoms with Crippen LogP contribution in [0.1, 0.15) is 26.7 Å². The Labute approximate surface area is 133 Å². The highest BCUT2D eigenvalue weighted by Crippen LogP contribution is 2.22. The molecule has 120 valence electrons. The third-order valence-electron chi connectivity index (χ3n) is 3.47. The lowest BCUT2D eigenvalue weighted by molar-refractivity contribution is -0.143. The summed E-state index contributed by atoms with van der Waals surface area (Å²) in [6, 6.07) is -0.644. The van der Waals surface area contributed by atoms with Crippen molar-refractivity contribution in [2.75, 3.05) is 25.4 Å². The zero-order chi connectivity index (χ0) is 16.1. The lowest BCUT2D eigenvalue weighted by Crippen LogP contribution is -2.35. The van der Waals surface area contributed by atoms with Crippen LogP contribution in [0.4, 0.5) is 4.79 Å². The predicted octanol–water partition coefficient (Wildman–Crippen LogP) is 1.51. The molecule has 0 spiro atoms. The highest BCUT2D eigenvalue weighted by Gasteiger charge is 2.34. The minimum Gasteiger partial charge on any atom is -0.465 e. The summed E-state index contributed by atoms with van der Waals surface area (Å²) in [6.45, 7) is 5.08. The Balaban J connectivity index is 2.03. The monoisotopic (exact) mass is 325 g/mol. The number of thioether (sulfide) groups is 1. The summed E-state index contributed by atoms with van der Waals surface area (Å²) in [5, 5.41) is 0.295. The molecule has 0 aromatic heterocycles. The molecule has 7 nitrogen and oxygen atoms in total. The molecule has 1 fully saturated rings. The summed E-state index contributed by atoms with van der Waals surface area (Å²) in [6.07, 6.45) is 2.04. The van der Waals surface area contributed by atoms with E-state index in [4.69, 9.17) is 4.74 Å². The lowest BCUT2D eigenvalue weighted by atomic mass is 10.1. The summed E-state index contributed by atoms with van der Waals surface area (Å²) in [7, 11) is 0. The summed E-state index contributed by atoms with van der Waals surface area (Å²) < 4.78 is 5.00. The number of hydrogen-bond acceptors (Lipinski definition) is 5. The quantitative estimate of drug-likeness (QED) is 0.731. The van der Waals surface area contributed by atoms with Crippen molar-refractivity contribution >= 4 is 40.4 Å². The number of urea groups is 1. The van der Waals surface area contributed by atoms with Gasteiger partial charge in [0.2, 0.25) is 5.91 Å². The topological polar surface area (TPSA) is 88.4 Å². The molecule has 0 bridgehead atoms. The molecule has 0 aliphatic carbocycles. The van der Waals surface area contributed by atoms with Crippen molar-refractivity contribution in [1.29, 1.82) is 0 Å². The Kier molecular flexibility index (Phi) is 5.70. The molecule has 2 aliphatic rings. The van der Waals surface area contributed by atoms with Crippen LogP contribution < -0.4 is 0 Å². The van der Waals surface area contributed by atoms with Gasteiger partial charge < -0.3 is 9.64 Å². The van der Waals surface area contributed by atoms with Crippen molar-refractivity contribution in [3.63, 3.8) is 0 Å². The van der Waals surface area contributed by atoms with Gasteiger partial charge in [-0.05, 0) is 26.7 Å². The first-order valence-electron chi connectivity index (χ1n) is 7.28. The van der Waals surface area contributed by atoms with E-state index in [1.54, 1.807) is 18.7 Å². The molecule has 22 heavy (non-hydrogen) atoms. The number of ether oxygens (including phenoxy) is 1. The fraction of sp³-hybridized carbons (Fsp3) is 0.643. The van der Waals surface area contributed by atoms with Gasteiger partial charge in [-0.15, -0.1) is 0 Å². The van der Waals surface area contributed by atoms with E-state index in [1.807, 2.05) is 0 Å². The van der Waals surface area contributed by atoms with Gasteiger partial charge in [-0.1, -0.05) is 11.8 Å². The Bertz CT molecular complexity index is 538. The van der Waals surface area contributed by atoms with Crippen LogP contribution in [0.2, 0.25) is 0 Å². The molecule has 0 aromatic rings. The molecule has 0 radical (unpaired) electrons. The maximum Gasteiger partial charge on any atom is 0.367 e. The summed E-state index contributed by atoms with van der Waals surface area (Å²) in [5.41, 5.74) is 0.356. The fourth-order valence-corrected chi connectivity index (χ4v) is 3.41. The highest BCUT2D eigenvalue weighted by atomic mass is 32.2. The van der Waals surface area contributed by atoms with Gasteiger partial charge in [-0.25, -0.2) is 4.79 Å². The van der Waals surface area contributed by atoms with Crippen LogP contribution in [0, 0.1) is 5.92 Å². The van der Waals surface area contributed by atoms with E-state index in [0.29, 0.717) is 10.8 Å². The number of rotatable bonds is 4. The third-order valence-corrected chi connectivity index (χ3v) is 4.48. The molecule has 8 heteroatoms. The van der Waals surface area contributed by atoms with Crippen molar-refractivity contribution in [3.8, 4) is 0 Å². The fourth-order valence-electron chi connectivity index (χ4n) is 2.38. The average molecular weight is 325 g/mol. The van der Waals surface area contributed by atoms with Crippen molar-refractivity contribution in [2.24, 2.45) is 15.9 Å². The van der Waals surface area contributed by atoms with E-state index < -0.39 is 17.9 Å². The number of nitrogens with zero attached hydrogens (tertiary/aromatic N) is 3. The molecule has 2 heterocycles. The van der Waals surface area contributed by atoms with Crippen LogP contribution in [0.5, 0.6) is 0 Å². The van der Waals surface area contributed by atoms with Gasteiger partial charge >= 0.3 is 12.0 Å². The van der Waals surface area contributed by atoms with E-state index in [9.17, 15) is 14.4 Å². The smallest absolute Gasteiger partial charge is 0.367 e. The number of carbonyl (C=O) groups excluding carboxylic acids is 3. The molecule has 2 rings (SSSR count). The van der Waals surface area contributed by atoms with Gasteiger partial charge in [0.25, 0.3) is 0 Å². The van der Waals surface area contributed by atoms with Gasteiger partial charge in [0.05, 0.1) is 17.4 Å². The van der Waals surface area contributed by atoms with Gasteiger partial charge in [-0.2, -0.15) is 9.98 Å². The van der Waals surface area contributed by atoms with Gasteiger partial charge in [0.1, 0.15) is 5.92 Å². The van der Waals surface area contributed by atoms with Crippen LogP contribution in [-0.2, 0) is 14.3 Å². The van der Waals surface area contributed by atoms with Crippen LogP contribution in [-0.4, -0.2) is 59.0 Å². The SMILES string of the molecule is CCOC(=O)C1C(C)=NC(=O)N=C1SCC(=O)N1CCCC1.